The van der Waals surface area contributed by atoms with Crippen LogP contribution in [0.25, 0.3) is 0 Å². The molecule has 1 saturated heterocycles. The van der Waals surface area contributed by atoms with Crippen LogP contribution in [-0.2, 0) is 19.1 Å². The summed E-state index contributed by atoms with van der Waals surface area (Å²) in [6, 6.07) is 0. The van der Waals surface area contributed by atoms with E-state index in [4.69, 9.17) is 9.47 Å². The molecule has 0 bridgehead atoms. The maximum Gasteiger partial charge on any atom is 0.311 e. The quantitative estimate of drug-likeness (QED) is 0.616. The van der Waals surface area contributed by atoms with Gasteiger partial charge in [0.05, 0.1) is 18.4 Å². The van der Waals surface area contributed by atoms with Gasteiger partial charge in [-0.1, -0.05) is 6.58 Å². The SMILES string of the molecule is C=C(C)[C@H](C[C@@H]1CC(=O)O[C@@H]1CO)OC(=O)C(C)(C)C. The molecular formula is C15H24O5. The molecule has 5 nitrogen and oxygen atoms in total. The van der Waals surface area contributed by atoms with Crippen molar-refractivity contribution in [1.82, 2.24) is 0 Å². The maximum absolute atomic E-state index is 12.0. The van der Waals surface area contributed by atoms with Crippen LogP contribution in [0, 0.1) is 11.3 Å². The van der Waals surface area contributed by atoms with E-state index in [1.165, 1.54) is 0 Å². The van der Waals surface area contributed by atoms with Gasteiger partial charge in [0.2, 0.25) is 0 Å². The smallest absolute Gasteiger partial charge is 0.311 e. The molecule has 0 radical (unpaired) electrons. The highest BCUT2D eigenvalue weighted by Crippen LogP contribution is 2.30. The number of hydrogen-bond donors (Lipinski definition) is 1. The highest BCUT2D eigenvalue weighted by Gasteiger charge is 2.37. The van der Waals surface area contributed by atoms with E-state index in [1.54, 1.807) is 27.7 Å². The predicted molar refractivity (Wildman–Crippen MR) is 73.8 cm³/mol. The predicted octanol–water partition coefficient (Wildman–Crippen LogP) is 1.83. The van der Waals surface area contributed by atoms with Gasteiger partial charge in [0, 0.05) is 5.92 Å². The molecule has 1 aliphatic heterocycles. The van der Waals surface area contributed by atoms with Gasteiger partial charge in [0.25, 0.3) is 0 Å². The molecular weight excluding hydrogens is 260 g/mol. The fourth-order valence-corrected chi connectivity index (χ4v) is 2.01. The minimum absolute atomic E-state index is 0.151. The molecule has 20 heavy (non-hydrogen) atoms. The number of cyclic esters (lactones) is 1. The number of hydrogen-bond acceptors (Lipinski definition) is 5. The average Bonchev–Trinajstić information content (AvgIpc) is 2.67. The van der Waals surface area contributed by atoms with E-state index >= 15 is 0 Å². The van der Waals surface area contributed by atoms with Crippen LogP contribution in [0.5, 0.6) is 0 Å². The van der Waals surface area contributed by atoms with Gasteiger partial charge in [-0.05, 0) is 39.7 Å². The van der Waals surface area contributed by atoms with Crippen LogP contribution in [-0.4, -0.2) is 35.9 Å². The molecule has 1 N–H and O–H groups in total. The lowest BCUT2D eigenvalue weighted by Crippen LogP contribution is -2.32. The Labute approximate surface area is 119 Å². The zero-order valence-electron chi connectivity index (χ0n) is 12.6. The lowest BCUT2D eigenvalue weighted by atomic mass is 9.91. The number of aliphatic hydroxyl groups is 1. The monoisotopic (exact) mass is 284 g/mol. The second kappa shape index (κ2) is 6.39. The Kier molecular flexibility index (Phi) is 5.34. The summed E-state index contributed by atoms with van der Waals surface area (Å²) in [5, 5.41) is 9.21. The fraction of sp³-hybridized carbons (Fsp3) is 0.733. The van der Waals surface area contributed by atoms with E-state index in [2.05, 4.69) is 6.58 Å². The first-order valence-electron chi connectivity index (χ1n) is 6.82. The third kappa shape index (κ3) is 4.34. The van der Waals surface area contributed by atoms with Crippen LogP contribution in [0.2, 0.25) is 0 Å². The first-order valence-corrected chi connectivity index (χ1v) is 6.82. The van der Waals surface area contributed by atoms with Crippen LogP contribution < -0.4 is 0 Å². The van der Waals surface area contributed by atoms with E-state index < -0.39 is 17.6 Å². The molecule has 1 fully saturated rings. The van der Waals surface area contributed by atoms with Gasteiger partial charge in [-0.15, -0.1) is 0 Å². The van der Waals surface area contributed by atoms with Gasteiger partial charge < -0.3 is 14.6 Å². The zero-order valence-corrected chi connectivity index (χ0v) is 12.6. The molecule has 0 spiro atoms. The lowest BCUT2D eigenvalue weighted by molar-refractivity contribution is -0.158. The van der Waals surface area contributed by atoms with Crippen molar-refractivity contribution >= 4 is 11.9 Å². The van der Waals surface area contributed by atoms with Crippen molar-refractivity contribution in [2.24, 2.45) is 11.3 Å². The van der Waals surface area contributed by atoms with Crippen LogP contribution in [0.15, 0.2) is 12.2 Å². The van der Waals surface area contributed by atoms with Crippen LogP contribution in [0.1, 0.15) is 40.5 Å². The molecule has 0 unspecified atom stereocenters. The number of carbonyl (C=O) groups excluding carboxylic acids is 2. The Morgan fingerprint density at radius 1 is 1.55 bits per heavy atom. The Hall–Kier alpha value is -1.36. The van der Waals surface area contributed by atoms with Gasteiger partial charge in [-0.3, -0.25) is 9.59 Å². The van der Waals surface area contributed by atoms with Gasteiger partial charge in [-0.2, -0.15) is 0 Å². The van der Waals surface area contributed by atoms with Crippen molar-refractivity contribution in [2.75, 3.05) is 6.61 Å². The van der Waals surface area contributed by atoms with E-state index in [-0.39, 0.29) is 30.9 Å². The van der Waals surface area contributed by atoms with E-state index in [1.807, 2.05) is 0 Å². The van der Waals surface area contributed by atoms with Crippen molar-refractivity contribution in [1.29, 1.82) is 0 Å². The molecule has 1 aliphatic rings. The second-order valence-electron chi connectivity index (χ2n) is 6.40. The van der Waals surface area contributed by atoms with E-state index in [9.17, 15) is 14.7 Å². The van der Waals surface area contributed by atoms with Crippen molar-refractivity contribution in [3.05, 3.63) is 12.2 Å². The third-order valence-electron chi connectivity index (χ3n) is 3.35. The molecule has 0 aliphatic carbocycles. The molecule has 3 atom stereocenters. The first-order chi connectivity index (χ1) is 9.15. The summed E-state index contributed by atoms with van der Waals surface area (Å²) in [7, 11) is 0. The molecule has 5 heteroatoms. The fourth-order valence-electron chi connectivity index (χ4n) is 2.01. The largest absolute Gasteiger partial charge is 0.460 e. The molecule has 114 valence electrons. The number of rotatable bonds is 5. The number of esters is 2. The van der Waals surface area contributed by atoms with Crippen molar-refractivity contribution in [3.63, 3.8) is 0 Å². The Morgan fingerprint density at radius 2 is 2.15 bits per heavy atom. The molecule has 1 heterocycles. The van der Waals surface area contributed by atoms with Crippen LogP contribution in [0.3, 0.4) is 0 Å². The summed E-state index contributed by atoms with van der Waals surface area (Å²) in [6.07, 6.45) is -0.302. The summed E-state index contributed by atoms with van der Waals surface area (Å²) >= 11 is 0. The second-order valence-corrected chi connectivity index (χ2v) is 6.40. The molecule has 0 aromatic carbocycles. The summed E-state index contributed by atoms with van der Waals surface area (Å²) in [5.41, 5.74) is 0.130. The summed E-state index contributed by atoms with van der Waals surface area (Å²) in [6.45, 7) is 10.7. The topological polar surface area (TPSA) is 72.8 Å². The van der Waals surface area contributed by atoms with E-state index in [0.717, 1.165) is 5.57 Å². The summed E-state index contributed by atoms with van der Waals surface area (Å²) in [5.74, 6) is -0.782. The van der Waals surface area contributed by atoms with Gasteiger partial charge in [0.15, 0.2) is 0 Å². The Balaban J connectivity index is 2.71. The first kappa shape index (κ1) is 16.7. The standard InChI is InChI=1S/C15H24O5/c1-9(2)11(20-14(18)15(3,4)5)6-10-7-13(17)19-12(10)8-16/h10-12,16H,1,6-8H2,2-5H3/t10-,11+,12-/m1/s1. The average molecular weight is 284 g/mol. The lowest BCUT2D eigenvalue weighted by Gasteiger charge is -2.26. The van der Waals surface area contributed by atoms with Crippen molar-refractivity contribution in [3.8, 4) is 0 Å². The molecule has 0 aromatic heterocycles. The van der Waals surface area contributed by atoms with Crippen molar-refractivity contribution < 1.29 is 24.2 Å². The minimum atomic E-state index is -0.591. The maximum atomic E-state index is 12.0. The number of aliphatic hydroxyl groups excluding tert-OH is 1. The summed E-state index contributed by atoms with van der Waals surface area (Å²) in [4.78, 5) is 23.2. The normalized spacial score (nSPS) is 24.1. The van der Waals surface area contributed by atoms with Crippen molar-refractivity contribution in [2.45, 2.75) is 52.7 Å². The molecule has 0 aromatic rings. The van der Waals surface area contributed by atoms with Gasteiger partial charge >= 0.3 is 11.9 Å². The highest BCUT2D eigenvalue weighted by molar-refractivity contribution is 5.75. The van der Waals surface area contributed by atoms with Crippen LogP contribution in [0.4, 0.5) is 0 Å². The summed E-state index contributed by atoms with van der Waals surface area (Å²) < 4.78 is 10.5. The molecule has 0 saturated carbocycles. The van der Waals surface area contributed by atoms with Gasteiger partial charge in [0.1, 0.15) is 12.2 Å². The highest BCUT2D eigenvalue weighted by atomic mass is 16.6. The van der Waals surface area contributed by atoms with E-state index in [0.29, 0.717) is 6.42 Å². The molecule has 1 rings (SSSR count). The van der Waals surface area contributed by atoms with Crippen LogP contribution >= 0.6 is 0 Å². The zero-order chi connectivity index (χ0) is 15.5. The van der Waals surface area contributed by atoms with Gasteiger partial charge in [-0.25, -0.2) is 0 Å². The molecule has 0 amide bonds. The Bertz CT molecular complexity index is 394. The number of ether oxygens (including phenoxy) is 2. The Morgan fingerprint density at radius 3 is 2.60 bits per heavy atom. The number of carbonyl (C=O) groups is 2. The third-order valence-corrected chi connectivity index (χ3v) is 3.35. The minimum Gasteiger partial charge on any atom is -0.460 e.